The number of rotatable bonds is 6. The molecule has 0 heterocycles. The molecule has 0 spiro atoms. The number of hydrogen-bond donors (Lipinski definition) is 3. The zero-order chi connectivity index (χ0) is 18.4. The molecular weight excluding hydrogens is 326 g/mol. The molecule has 1 unspecified atom stereocenters. The fraction of sp³-hybridized carbons (Fsp3) is 0.409. The lowest BCUT2D eigenvalue weighted by molar-refractivity contribution is 0.0702. The highest BCUT2D eigenvalue weighted by Gasteiger charge is 2.25. The Hall–Kier alpha value is -2.17. The first-order chi connectivity index (χ1) is 12.7. The molecule has 0 aromatic heterocycles. The first kappa shape index (κ1) is 18.6. The molecule has 2 atom stereocenters. The van der Waals surface area contributed by atoms with Crippen molar-refractivity contribution in [1.82, 2.24) is 5.32 Å². The molecule has 1 aliphatic carbocycles. The van der Waals surface area contributed by atoms with Crippen LogP contribution in [0.25, 0.3) is 0 Å². The molecule has 3 rings (SSSR count). The molecule has 2 aromatic rings. The monoisotopic (exact) mass is 353 g/mol. The molecule has 4 nitrogen and oxygen atoms in total. The molecule has 1 amide bonds. The fourth-order valence-electron chi connectivity index (χ4n) is 3.83. The Labute approximate surface area is 154 Å². The topological polar surface area (TPSA) is 69.6 Å². The van der Waals surface area contributed by atoms with Gasteiger partial charge in [0.15, 0.2) is 0 Å². The van der Waals surface area contributed by atoms with E-state index in [0.717, 1.165) is 18.4 Å². The van der Waals surface area contributed by atoms with E-state index < -0.39 is 12.1 Å². The van der Waals surface area contributed by atoms with Crippen molar-refractivity contribution in [2.24, 2.45) is 0 Å². The summed E-state index contributed by atoms with van der Waals surface area (Å²) in [5.74, 6) is 0.178. The number of aliphatic hydroxyl groups is 2. The molecule has 0 radical (unpaired) electrons. The Morgan fingerprint density at radius 3 is 2.35 bits per heavy atom. The van der Waals surface area contributed by atoms with Crippen LogP contribution in [0.2, 0.25) is 0 Å². The summed E-state index contributed by atoms with van der Waals surface area (Å²) in [5.41, 5.74) is 2.40. The number of amides is 1. The Kier molecular flexibility index (Phi) is 6.42. The summed E-state index contributed by atoms with van der Waals surface area (Å²) in [5, 5.41) is 23.0. The highest BCUT2D eigenvalue weighted by Crippen LogP contribution is 2.34. The molecule has 1 saturated carbocycles. The lowest BCUT2D eigenvalue weighted by Gasteiger charge is -2.26. The predicted molar refractivity (Wildman–Crippen MR) is 102 cm³/mol. The molecule has 1 aliphatic rings. The van der Waals surface area contributed by atoms with Crippen molar-refractivity contribution in [3.8, 4) is 0 Å². The van der Waals surface area contributed by atoms with Crippen molar-refractivity contribution in [2.75, 3.05) is 6.61 Å². The van der Waals surface area contributed by atoms with Crippen molar-refractivity contribution in [3.05, 3.63) is 71.3 Å². The van der Waals surface area contributed by atoms with Crippen molar-refractivity contribution in [1.29, 1.82) is 0 Å². The molecule has 0 aliphatic heterocycles. The van der Waals surface area contributed by atoms with Gasteiger partial charge in [0.1, 0.15) is 6.10 Å². The standard InChI is InChI=1S/C22H27NO3/c24-15-20(21(25)17-11-5-2-6-12-17)23-22(26)19-14-8-7-13-18(19)16-9-3-1-4-10-16/h2,5-8,11-14,16,20-21,24-25H,1,3-4,9-10,15H2,(H,23,26)/t20?,21-/m0/s1. The Morgan fingerprint density at radius 2 is 1.65 bits per heavy atom. The molecule has 2 aromatic carbocycles. The summed E-state index contributed by atoms with van der Waals surface area (Å²) in [6, 6.07) is 16.1. The van der Waals surface area contributed by atoms with E-state index >= 15 is 0 Å². The maximum Gasteiger partial charge on any atom is 0.251 e. The summed E-state index contributed by atoms with van der Waals surface area (Å²) in [6.07, 6.45) is 4.94. The van der Waals surface area contributed by atoms with Crippen LogP contribution in [0, 0.1) is 0 Å². The van der Waals surface area contributed by atoms with Crippen LogP contribution in [0.4, 0.5) is 0 Å². The third-order valence-corrected chi connectivity index (χ3v) is 5.29. The fourth-order valence-corrected chi connectivity index (χ4v) is 3.83. The summed E-state index contributed by atoms with van der Waals surface area (Å²) in [4.78, 5) is 12.9. The van der Waals surface area contributed by atoms with Gasteiger partial charge < -0.3 is 15.5 Å². The van der Waals surface area contributed by atoms with E-state index in [4.69, 9.17) is 0 Å². The first-order valence-electron chi connectivity index (χ1n) is 9.44. The van der Waals surface area contributed by atoms with Gasteiger partial charge in [0.05, 0.1) is 12.6 Å². The smallest absolute Gasteiger partial charge is 0.251 e. The summed E-state index contributed by atoms with van der Waals surface area (Å²) in [6.45, 7) is -0.326. The molecule has 4 heteroatoms. The van der Waals surface area contributed by atoms with Crippen molar-refractivity contribution in [3.63, 3.8) is 0 Å². The number of benzene rings is 2. The van der Waals surface area contributed by atoms with E-state index in [0.29, 0.717) is 17.0 Å². The van der Waals surface area contributed by atoms with E-state index in [-0.39, 0.29) is 12.5 Å². The van der Waals surface area contributed by atoms with Gasteiger partial charge in [-0.1, -0.05) is 67.8 Å². The second-order valence-electron chi connectivity index (χ2n) is 7.04. The largest absolute Gasteiger partial charge is 0.394 e. The van der Waals surface area contributed by atoms with Crippen LogP contribution in [0.3, 0.4) is 0 Å². The Bertz CT molecular complexity index is 710. The van der Waals surface area contributed by atoms with Gasteiger partial charge in [-0.05, 0) is 36.0 Å². The lowest BCUT2D eigenvalue weighted by atomic mass is 9.82. The number of aliphatic hydroxyl groups excluding tert-OH is 2. The predicted octanol–water partition coefficient (Wildman–Crippen LogP) is 3.56. The maximum atomic E-state index is 12.9. The van der Waals surface area contributed by atoms with Crippen molar-refractivity contribution < 1.29 is 15.0 Å². The van der Waals surface area contributed by atoms with Crippen LogP contribution in [0.15, 0.2) is 54.6 Å². The van der Waals surface area contributed by atoms with E-state index in [1.54, 1.807) is 12.1 Å². The maximum absolute atomic E-state index is 12.9. The summed E-state index contributed by atoms with van der Waals surface area (Å²) in [7, 11) is 0. The highest BCUT2D eigenvalue weighted by molar-refractivity contribution is 5.96. The summed E-state index contributed by atoms with van der Waals surface area (Å²) >= 11 is 0. The van der Waals surface area contributed by atoms with Crippen molar-refractivity contribution >= 4 is 5.91 Å². The lowest BCUT2D eigenvalue weighted by Crippen LogP contribution is -2.42. The average Bonchev–Trinajstić information content (AvgIpc) is 2.72. The Morgan fingerprint density at radius 1 is 1.00 bits per heavy atom. The van der Waals surface area contributed by atoms with Gasteiger partial charge in [0.25, 0.3) is 5.91 Å². The van der Waals surface area contributed by atoms with Crippen LogP contribution in [0.5, 0.6) is 0 Å². The number of nitrogens with one attached hydrogen (secondary N) is 1. The van der Waals surface area contributed by atoms with Crippen LogP contribution >= 0.6 is 0 Å². The van der Waals surface area contributed by atoms with E-state index in [2.05, 4.69) is 5.32 Å². The molecule has 26 heavy (non-hydrogen) atoms. The third-order valence-electron chi connectivity index (χ3n) is 5.29. The van der Waals surface area contributed by atoms with Crippen LogP contribution in [-0.4, -0.2) is 28.8 Å². The average molecular weight is 353 g/mol. The summed E-state index contributed by atoms with van der Waals surface area (Å²) < 4.78 is 0. The molecule has 3 N–H and O–H groups in total. The van der Waals surface area contributed by atoms with Gasteiger partial charge in [-0.2, -0.15) is 0 Å². The molecule has 138 valence electrons. The minimum Gasteiger partial charge on any atom is -0.394 e. The van der Waals surface area contributed by atoms with E-state index in [1.807, 2.05) is 42.5 Å². The Balaban J connectivity index is 1.76. The molecule has 1 fully saturated rings. The number of carbonyl (C=O) groups is 1. The normalized spacial score (nSPS) is 17.5. The number of hydrogen-bond acceptors (Lipinski definition) is 3. The van der Waals surface area contributed by atoms with Gasteiger partial charge in [0, 0.05) is 5.56 Å². The second kappa shape index (κ2) is 8.97. The van der Waals surface area contributed by atoms with Gasteiger partial charge in [0.2, 0.25) is 0 Å². The molecular formula is C22H27NO3. The first-order valence-corrected chi connectivity index (χ1v) is 9.44. The van der Waals surface area contributed by atoms with Crippen LogP contribution in [-0.2, 0) is 0 Å². The number of carbonyl (C=O) groups excluding carboxylic acids is 1. The quantitative estimate of drug-likeness (QED) is 0.744. The minimum absolute atomic E-state index is 0.236. The molecule has 0 saturated heterocycles. The highest BCUT2D eigenvalue weighted by atomic mass is 16.3. The van der Waals surface area contributed by atoms with Crippen LogP contribution in [0.1, 0.15) is 65.6 Å². The third kappa shape index (κ3) is 4.32. The SMILES string of the molecule is O=C(NC(CO)[C@@H](O)c1ccccc1)c1ccccc1C1CCCCC1. The van der Waals surface area contributed by atoms with E-state index in [1.165, 1.54) is 19.3 Å². The van der Waals surface area contributed by atoms with Crippen molar-refractivity contribution in [2.45, 2.75) is 50.2 Å². The zero-order valence-electron chi connectivity index (χ0n) is 15.0. The minimum atomic E-state index is -0.952. The van der Waals surface area contributed by atoms with Crippen LogP contribution < -0.4 is 5.32 Å². The second-order valence-corrected chi connectivity index (χ2v) is 7.04. The zero-order valence-corrected chi connectivity index (χ0v) is 15.0. The van der Waals surface area contributed by atoms with Gasteiger partial charge in [-0.15, -0.1) is 0 Å². The van der Waals surface area contributed by atoms with Gasteiger partial charge in [-0.25, -0.2) is 0 Å². The van der Waals surface area contributed by atoms with Gasteiger partial charge in [-0.3, -0.25) is 4.79 Å². The van der Waals surface area contributed by atoms with E-state index in [9.17, 15) is 15.0 Å². The van der Waals surface area contributed by atoms with Gasteiger partial charge >= 0.3 is 0 Å². The molecule has 0 bridgehead atoms.